The maximum absolute atomic E-state index is 13.3. The lowest BCUT2D eigenvalue weighted by molar-refractivity contribution is -0.118. The summed E-state index contributed by atoms with van der Waals surface area (Å²) >= 11 is 0. The minimum atomic E-state index is -0.172. The molecule has 0 atom stereocenters. The Morgan fingerprint density at radius 3 is 2.47 bits per heavy atom. The van der Waals surface area contributed by atoms with E-state index in [9.17, 15) is 9.18 Å². The van der Waals surface area contributed by atoms with Gasteiger partial charge >= 0.3 is 0 Å². The Labute approximate surface area is 101 Å². The van der Waals surface area contributed by atoms with Crippen molar-refractivity contribution >= 4 is 5.91 Å². The van der Waals surface area contributed by atoms with Crippen molar-refractivity contribution in [3.05, 3.63) is 34.6 Å². The van der Waals surface area contributed by atoms with Crippen molar-refractivity contribution in [2.45, 2.75) is 27.2 Å². The third kappa shape index (κ3) is 4.28. The second-order valence-corrected chi connectivity index (χ2v) is 3.96. The number of rotatable bonds is 2. The molecule has 0 heterocycles. The second-order valence-electron chi connectivity index (χ2n) is 3.96. The van der Waals surface area contributed by atoms with E-state index in [1.165, 1.54) is 6.92 Å². The zero-order valence-electron chi connectivity index (χ0n) is 10.4. The van der Waals surface area contributed by atoms with Crippen molar-refractivity contribution in [3.8, 4) is 11.8 Å². The van der Waals surface area contributed by atoms with Crippen molar-refractivity contribution in [2.75, 3.05) is 6.54 Å². The molecule has 0 unspecified atom stereocenters. The fourth-order valence-corrected chi connectivity index (χ4v) is 1.48. The van der Waals surface area contributed by atoms with E-state index in [0.717, 1.165) is 5.56 Å². The van der Waals surface area contributed by atoms with Crippen molar-refractivity contribution in [1.82, 2.24) is 5.32 Å². The van der Waals surface area contributed by atoms with E-state index in [-0.39, 0.29) is 11.7 Å². The number of halogens is 1. The first-order chi connectivity index (χ1) is 8.00. The Kier molecular flexibility index (Phi) is 4.71. The summed E-state index contributed by atoms with van der Waals surface area (Å²) in [4.78, 5) is 10.6. The molecule has 0 aliphatic carbocycles. The van der Waals surface area contributed by atoms with Crippen LogP contribution in [0, 0.1) is 31.5 Å². The minimum absolute atomic E-state index is 0.0553. The van der Waals surface area contributed by atoms with Crippen molar-refractivity contribution in [2.24, 2.45) is 0 Å². The number of hydrogen-bond acceptors (Lipinski definition) is 1. The van der Waals surface area contributed by atoms with Crippen LogP contribution in [-0.2, 0) is 4.79 Å². The standard InChI is InChI=1S/C14H16FNO/c1-10-8-13(9-11(2)14(10)15)6-4-5-7-16-12(3)17/h8-9H,5,7H2,1-3H3,(H,16,17). The van der Waals surface area contributed by atoms with Gasteiger partial charge in [0.1, 0.15) is 5.82 Å². The lowest BCUT2D eigenvalue weighted by atomic mass is 10.1. The third-order valence-electron chi connectivity index (χ3n) is 2.29. The highest BCUT2D eigenvalue weighted by Gasteiger charge is 2.02. The highest BCUT2D eigenvalue weighted by molar-refractivity contribution is 5.72. The maximum atomic E-state index is 13.3. The number of nitrogens with one attached hydrogen (secondary N) is 1. The molecule has 1 rings (SSSR count). The molecule has 0 aromatic heterocycles. The zero-order valence-corrected chi connectivity index (χ0v) is 10.4. The summed E-state index contributed by atoms with van der Waals surface area (Å²) in [6.45, 7) is 5.47. The Morgan fingerprint density at radius 2 is 1.94 bits per heavy atom. The molecule has 0 fully saturated rings. The number of carbonyl (C=O) groups is 1. The van der Waals surface area contributed by atoms with E-state index in [2.05, 4.69) is 17.2 Å². The first-order valence-electron chi connectivity index (χ1n) is 5.50. The fourth-order valence-electron chi connectivity index (χ4n) is 1.48. The van der Waals surface area contributed by atoms with Gasteiger partial charge in [-0.1, -0.05) is 11.8 Å². The SMILES string of the molecule is CC(=O)NCCC#Cc1cc(C)c(F)c(C)c1. The highest BCUT2D eigenvalue weighted by Crippen LogP contribution is 2.13. The lowest BCUT2D eigenvalue weighted by Crippen LogP contribution is -2.20. The summed E-state index contributed by atoms with van der Waals surface area (Å²) in [5.74, 6) is 5.68. The van der Waals surface area contributed by atoms with Gasteiger partial charge in [-0.25, -0.2) is 4.39 Å². The van der Waals surface area contributed by atoms with Crippen molar-refractivity contribution in [1.29, 1.82) is 0 Å². The van der Waals surface area contributed by atoms with Gasteiger partial charge in [-0.3, -0.25) is 4.79 Å². The number of amides is 1. The lowest BCUT2D eigenvalue weighted by Gasteiger charge is -2.01. The molecule has 1 aromatic rings. The molecule has 0 radical (unpaired) electrons. The molecule has 1 aromatic carbocycles. The largest absolute Gasteiger partial charge is 0.355 e. The van der Waals surface area contributed by atoms with Crippen LogP contribution in [0.15, 0.2) is 12.1 Å². The molecular weight excluding hydrogens is 217 g/mol. The first kappa shape index (κ1) is 13.2. The van der Waals surface area contributed by atoms with Gasteiger partial charge < -0.3 is 5.32 Å². The zero-order chi connectivity index (χ0) is 12.8. The number of hydrogen-bond donors (Lipinski definition) is 1. The van der Waals surface area contributed by atoms with Crippen LogP contribution < -0.4 is 5.32 Å². The molecule has 0 spiro atoms. The van der Waals surface area contributed by atoms with Crippen LogP contribution in [0.1, 0.15) is 30.0 Å². The molecule has 2 nitrogen and oxygen atoms in total. The summed E-state index contributed by atoms with van der Waals surface area (Å²) in [6, 6.07) is 3.46. The summed E-state index contributed by atoms with van der Waals surface area (Å²) < 4.78 is 13.3. The molecule has 90 valence electrons. The quantitative estimate of drug-likeness (QED) is 0.616. The predicted octanol–water partition coefficient (Wildman–Crippen LogP) is 2.32. The smallest absolute Gasteiger partial charge is 0.216 e. The summed E-state index contributed by atoms with van der Waals surface area (Å²) in [5, 5.41) is 2.66. The van der Waals surface area contributed by atoms with Crippen LogP contribution in [0.5, 0.6) is 0 Å². The van der Waals surface area contributed by atoms with Gasteiger partial charge in [0, 0.05) is 25.5 Å². The molecule has 3 heteroatoms. The van der Waals surface area contributed by atoms with Crippen LogP contribution in [0.3, 0.4) is 0 Å². The monoisotopic (exact) mass is 233 g/mol. The van der Waals surface area contributed by atoms with Crippen molar-refractivity contribution in [3.63, 3.8) is 0 Å². The molecule has 0 bridgehead atoms. The summed E-state index contributed by atoms with van der Waals surface area (Å²) in [6.07, 6.45) is 0.592. The van der Waals surface area contributed by atoms with E-state index in [1.807, 2.05) is 0 Å². The topological polar surface area (TPSA) is 29.1 Å². The third-order valence-corrected chi connectivity index (χ3v) is 2.29. The fraction of sp³-hybridized carbons (Fsp3) is 0.357. The van der Waals surface area contributed by atoms with Crippen LogP contribution >= 0.6 is 0 Å². The van der Waals surface area contributed by atoms with E-state index < -0.39 is 0 Å². The highest BCUT2D eigenvalue weighted by atomic mass is 19.1. The van der Waals surface area contributed by atoms with Crippen LogP contribution in [0.4, 0.5) is 4.39 Å². The molecule has 17 heavy (non-hydrogen) atoms. The average Bonchev–Trinajstić information content (AvgIpc) is 2.25. The van der Waals surface area contributed by atoms with E-state index >= 15 is 0 Å². The van der Waals surface area contributed by atoms with E-state index in [1.54, 1.807) is 26.0 Å². The van der Waals surface area contributed by atoms with Gasteiger partial charge in [-0.15, -0.1) is 0 Å². The second kappa shape index (κ2) is 6.05. The number of carbonyl (C=O) groups excluding carboxylic acids is 1. The molecular formula is C14H16FNO. The van der Waals surface area contributed by atoms with E-state index in [0.29, 0.717) is 24.1 Å². The number of aryl methyl sites for hydroxylation is 2. The molecule has 1 N–H and O–H groups in total. The van der Waals surface area contributed by atoms with Gasteiger partial charge in [0.25, 0.3) is 0 Å². The normalized spacial score (nSPS) is 9.41. The Morgan fingerprint density at radius 1 is 1.35 bits per heavy atom. The molecule has 0 saturated carbocycles. The summed E-state index contributed by atoms with van der Waals surface area (Å²) in [5.41, 5.74) is 2.02. The first-order valence-corrected chi connectivity index (χ1v) is 5.50. The van der Waals surface area contributed by atoms with Gasteiger partial charge in [0.05, 0.1) is 0 Å². The minimum Gasteiger partial charge on any atom is -0.355 e. The Balaban J connectivity index is 2.63. The van der Waals surface area contributed by atoms with Crippen LogP contribution in [0.25, 0.3) is 0 Å². The van der Waals surface area contributed by atoms with Crippen LogP contribution in [-0.4, -0.2) is 12.5 Å². The Hall–Kier alpha value is -1.82. The van der Waals surface area contributed by atoms with Gasteiger partial charge in [0.15, 0.2) is 0 Å². The van der Waals surface area contributed by atoms with E-state index in [4.69, 9.17) is 0 Å². The molecule has 0 aliphatic heterocycles. The van der Waals surface area contributed by atoms with Crippen LogP contribution in [0.2, 0.25) is 0 Å². The molecule has 0 aliphatic rings. The average molecular weight is 233 g/mol. The van der Waals surface area contributed by atoms with Gasteiger partial charge in [-0.05, 0) is 37.1 Å². The molecule has 1 amide bonds. The van der Waals surface area contributed by atoms with Gasteiger partial charge in [0.2, 0.25) is 5.91 Å². The maximum Gasteiger partial charge on any atom is 0.216 e. The van der Waals surface area contributed by atoms with Gasteiger partial charge in [-0.2, -0.15) is 0 Å². The summed E-state index contributed by atoms with van der Waals surface area (Å²) in [7, 11) is 0. The number of benzene rings is 1. The van der Waals surface area contributed by atoms with Crippen molar-refractivity contribution < 1.29 is 9.18 Å². The molecule has 0 saturated heterocycles. The predicted molar refractivity (Wildman–Crippen MR) is 66.1 cm³/mol. The Bertz CT molecular complexity index is 460.